The fourth-order valence-corrected chi connectivity index (χ4v) is 5.86. The number of hydrogen-bond donors (Lipinski definition) is 1. The van der Waals surface area contributed by atoms with Crippen LogP contribution in [0.2, 0.25) is 0 Å². The second kappa shape index (κ2) is 8.40. The van der Waals surface area contributed by atoms with Crippen molar-refractivity contribution in [1.29, 1.82) is 5.26 Å². The van der Waals surface area contributed by atoms with Crippen molar-refractivity contribution in [1.82, 2.24) is 14.8 Å². The summed E-state index contributed by atoms with van der Waals surface area (Å²) >= 11 is 1.55. The molecule has 1 saturated heterocycles. The highest BCUT2D eigenvalue weighted by molar-refractivity contribution is 7.14. The summed E-state index contributed by atoms with van der Waals surface area (Å²) in [5, 5.41) is 12.8. The van der Waals surface area contributed by atoms with Gasteiger partial charge in [-0.15, -0.1) is 11.3 Å². The monoisotopic (exact) mass is 450 g/mol. The van der Waals surface area contributed by atoms with Crippen molar-refractivity contribution >= 4 is 35.3 Å². The Morgan fingerprint density at radius 3 is 2.47 bits per heavy atom. The van der Waals surface area contributed by atoms with E-state index in [2.05, 4.69) is 11.4 Å². The van der Waals surface area contributed by atoms with Gasteiger partial charge in [0.2, 0.25) is 0 Å². The molecule has 1 saturated carbocycles. The van der Waals surface area contributed by atoms with Crippen molar-refractivity contribution in [3.05, 3.63) is 44.6 Å². The maximum atomic E-state index is 13.2. The molecule has 0 bridgehead atoms. The molecule has 0 spiro atoms. The fourth-order valence-electron chi connectivity index (χ4n) is 4.64. The summed E-state index contributed by atoms with van der Waals surface area (Å²) in [6.45, 7) is 7.76. The molecular formula is C24H26N4O3S. The van der Waals surface area contributed by atoms with Crippen LogP contribution in [0, 0.1) is 39.0 Å². The standard InChI is InChI=1S/C24H26N4O3S/c1-13-10-17(15(3)27(13)23-20(12-25)14(2)16(4)32-23)11-19-21(29)26-24(31)28(22(19)30)18-8-6-5-7-9-18/h10-11,18H,5-9H2,1-4H3,(H,26,29,31)/b19-11+. The van der Waals surface area contributed by atoms with Gasteiger partial charge in [0.15, 0.2) is 0 Å². The van der Waals surface area contributed by atoms with Crippen LogP contribution in [0.4, 0.5) is 4.79 Å². The zero-order chi connectivity index (χ0) is 23.2. The van der Waals surface area contributed by atoms with Crippen LogP contribution in [0.3, 0.4) is 0 Å². The maximum absolute atomic E-state index is 13.2. The molecule has 3 heterocycles. The van der Waals surface area contributed by atoms with E-state index in [4.69, 9.17) is 0 Å². The van der Waals surface area contributed by atoms with E-state index in [1.165, 1.54) is 4.90 Å². The van der Waals surface area contributed by atoms with Crippen LogP contribution in [0.15, 0.2) is 11.6 Å². The van der Waals surface area contributed by atoms with Crippen LogP contribution in [0.5, 0.6) is 0 Å². The zero-order valence-corrected chi connectivity index (χ0v) is 19.6. The van der Waals surface area contributed by atoms with E-state index in [0.29, 0.717) is 11.1 Å². The second-order valence-corrected chi connectivity index (χ2v) is 9.72. The summed E-state index contributed by atoms with van der Waals surface area (Å²) in [6.07, 6.45) is 6.14. The molecule has 2 aromatic heterocycles. The third kappa shape index (κ3) is 3.56. The summed E-state index contributed by atoms with van der Waals surface area (Å²) in [5.74, 6) is -1.20. The van der Waals surface area contributed by atoms with Gasteiger partial charge in [-0.2, -0.15) is 5.26 Å². The van der Waals surface area contributed by atoms with E-state index in [9.17, 15) is 19.6 Å². The van der Waals surface area contributed by atoms with Gasteiger partial charge in [-0.25, -0.2) is 4.79 Å². The number of thiophene rings is 1. The third-order valence-corrected chi connectivity index (χ3v) is 7.72. The Labute approximate surface area is 191 Å². The molecule has 1 N–H and O–H groups in total. The van der Waals surface area contributed by atoms with Crippen molar-refractivity contribution in [3.8, 4) is 11.1 Å². The van der Waals surface area contributed by atoms with Gasteiger partial charge in [0, 0.05) is 22.3 Å². The predicted molar refractivity (Wildman–Crippen MR) is 123 cm³/mol. The zero-order valence-electron chi connectivity index (χ0n) is 18.7. The van der Waals surface area contributed by atoms with Gasteiger partial charge < -0.3 is 4.57 Å². The molecule has 32 heavy (non-hydrogen) atoms. The minimum atomic E-state index is -0.669. The Bertz CT molecular complexity index is 1200. The van der Waals surface area contributed by atoms with Crippen LogP contribution >= 0.6 is 11.3 Å². The van der Waals surface area contributed by atoms with Gasteiger partial charge in [-0.3, -0.25) is 19.8 Å². The Morgan fingerprint density at radius 1 is 1.12 bits per heavy atom. The number of aromatic nitrogens is 1. The number of urea groups is 1. The number of amides is 4. The third-order valence-electron chi connectivity index (χ3n) is 6.52. The molecule has 7 nitrogen and oxygen atoms in total. The molecule has 2 fully saturated rings. The first-order chi connectivity index (χ1) is 15.2. The highest BCUT2D eigenvalue weighted by Crippen LogP contribution is 2.34. The van der Waals surface area contributed by atoms with Gasteiger partial charge in [-0.1, -0.05) is 19.3 Å². The smallest absolute Gasteiger partial charge is 0.308 e. The van der Waals surface area contributed by atoms with Gasteiger partial charge in [0.05, 0.1) is 5.56 Å². The van der Waals surface area contributed by atoms with Gasteiger partial charge in [0.25, 0.3) is 11.8 Å². The number of barbiturate groups is 1. The van der Waals surface area contributed by atoms with E-state index < -0.39 is 17.8 Å². The first-order valence-electron chi connectivity index (χ1n) is 10.8. The average Bonchev–Trinajstić information content (AvgIpc) is 3.19. The van der Waals surface area contributed by atoms with Gasteiger partial charge in [-0.05, 0) is 63.8 Å². The molecule has 0 unspecified atom stereocenters. The lowest BCUT2D eigenvalue weighted by atomic mass is 9.93. The lowest BCUT2D eigenvalue weighted by Crippen LogP contribution is -2.58. The Kier molecular flexibility index (Phi) is 5.78. The van der Waals surface area contributed by atoms with Crippen LogP contribution in [-0.2, 0) is 9.59 Å². The average molecular weight is 451 g/mol. The number of nitrogens with zero attached hydrogens (tertiary/aromatic N) is 3. The van der Waals surface area contributed by atoms with Crippen LogP contribution in [0.25, 0.3) is 11.1 Å². The molecule has 0 aromatic carbocycles. The first kappa shape index (κ1) is 22.0. The largest absolute Gasteiger partial charge is 0.331 e. The molecule has 4 rings (SSSR count). The van der Waals surface area contributed by atoms with Gasteiger partial charge >= 0.3 is 6.03 Å². The molecule has 2 aromatic rings. The maximum Gasteiger partial charge on any atom is 0.331 e. The lowest BCUT2D eigenvalue weighted by Gasteiger charge is -2.35. The first-order valence-corrected chi connectivity index (χ1v) is 11.7. The highest BCUT2D eigenvalue weighted by Gasteiger charge is 2.40. The quantitative estimate of drug-likeness (QED) is 0.552. The number of imide groups is 2. The molecule has 1 aliphatic carbocycles. The summed E-state index contributed by atoms with van der Waals surface area (Å²) < 4.78 is 1.99. The molecule has 0 atom stereocenters. The van der Waals surface area contributed by atoms with E-state index >= 15 is 0 Å². The van der Waals surface area contributed by atoms with E-state index in [0.717, 1.165) is 58.9 Å². The number of hydrogen-bond acceptors (Lipinski definition) is 5. The van der Waals surface area contributed by atoms with Crippen LogP contribution in [-0.4, -0.2) is 33.4 Å². The summed E-state index contributed by atoms with van der Waals surface area (Å²) in [4.78, 5) is 40.5. The van der Waals surface area contributed by atoms with E-state index in [1.54, 1.807) is 17.4 Å². The molecule has 2 aliphatic rings. The summed E-state index contributed by atoms with van der Waals surface area (Å²) in [7, 11) is 0. The van der Waals surface area contributed by atoms with Crippen molar-refractivity contribution in [3.63, 3.8) is 0 Å². The van der Waals surface area contributed by atoms with Crippen molar-refractivity contribution in [2.45, 2.75) is 65.8 Å². The van der Waals surface area contributed by atoms with E-state index in [-0.39, 0.29) is 11.6 Å². The Morgan fingerprint density at radius 2 is 1.81 bits per heavy atom. The molecule has 4 amide bonds. The summed E-state index contributed by atoms with van der Waals surface area (Å²) in [5.41, 5.74) is 4.00. The van der Waals surface area contributed by atoms with Crippen molar-refractivity contribution < 1.29 is 14.4 Å². The van der Waals surface area contributed by atoms with Crippen molar-refractivity contribution in [2.75, 3.05) is 0 Å². The van der Waals surface area contributed by atoms with Crippen LogP contribution in [0.1, 0.15) is 65.1 Å². The highest BCUT2D eigenvalue weighted by atomic mass is 32.1. The molecule has 166 valence electrons. The van der Waals surface area contributed by atoms with Gasteiger partial charge in [0.1, 0.15) is 16.6 Å². The number of aryl methyl sites for hydroxylation is 2. The Hall–Kier alpha value is -3.18. The van der Waals surface area contributed by atoms with E-state index in [1.807, 2.05) is 38.3 Å². The minimum absolute atomic E-state index is 0.0329. The summed E-state index contributed by atoms with van der Waals surface area (Å²) in [6, 6.07) is 3.40. The molecule has 0 radical (unpaired) electrons. The Balaban J connectivity index is 1.75. The molecular weight excluding hydrogens is 424 g/mol. The normalized spacial score (nSPS) is 18.9. The number of nitrogens with one attached hydrogen (secondary N) is 1. The number of carbonyl (C=O) groups is 3. The minimum Gasteiger partial charge on any atom is -0.308 e. The fraction of sp³-hybridized carbons (Fsp3) is 0.417. The van der Waals surface area contributed by atoms with Crippen molar-refractivity contribution in [2.24, 2.45) is 0 Å². The lowest BCUT2D eigenvalue weighted by molar-refractivity contribution is -0.132. The molecule has 8 heteroatoms. The SMILES string of the molecule is Cc1sc(-n2c(C)cc(/C=C3\C(=O)NC(=O)N(C4CCCCC4)C3=O)c2C)c(C#N)c1C. The topological polar surface area (TPSA) is 95.2 Å². The number of rotatable bonds is 3. The molecule has 1 aliphatic heterocycles. The number of nitriles is 1. The van der Waals surface area contributed by atoms with Crippen LogP contribution < -0.4 is 5.32 Å². The predicted octanol–water partition coefficient (Wildman–Crippen LogP) is 4.44. The second-order valence-electron chi connectivity index (χ2n) is 8.52. The number of carbonyl (C=O) groups excluding carboxylic acids is 3.